The van der Waals surface area contributed by atoms with E-state index < -0.39 is 0 Å². The minimum atomic E-state index is -0.250. The molecule has 8 nitrogen and oxygen atoms in total. The van der Waals surface area contributed by atoms with Gasteiger partial charge in [-0.05, 0) is 37.1 Å². The molecule has 2 amide bonds. The molecular formula is C26H26N4O4. The summed E-state index contributed by atoms with van der Waals surface area (Å²) in [7, 11) is 0. The van der Waals surface area contributed by atoms with Gasteiger partial charge in [-0.1, -0.05) is 36.1 Å². The third-order valence-electron chi connectivity index (χ3n) is 4.30. The molecule has 0 bridgehead atoms. The molecule has 0 aliphatic carbocycles. The van der Waals surface area contributed by atoms with Gasteiger partial charge in [0, 0.05) is 24.0 Å². The summed E-state index contributed by atoms with van der Waals surface area (Å²) in [5.41, 5.74) is 6.31. The zero-order valence-corrected chi connectivity index (χ0v) is 18.7. The molecular weight excluding hydrogens is 432 g/mol. The van der Waals surface area contributed by atoms with Crippen LogP contribution in [0.5, 0.6) is 11.5 Å². The average Bonchev–Trinajstić information content (AvgIpc) is 2.85. The second-order valence-corrected chi connectivity index (χ2v) is 6.85. The highest BCUT2D eigenvalue weighted by molar-refractivity contribution is 5.86. The molecule has 0 aromatic heterocycles. The van der Waals surface area contributed by atoms with Gasteiger partial charge in [-0.2, -0.15) is 10.2 Å². The maximum Gasteiger partial charge on any atom is 0.240 e. The number of amides is 2. The fourth-order valence-corrected chi connectivity index (χ4v) is 2.71. The molecule has 0 unspecified atom stereocenters. The Morgan fingerprint density at radius 2 is 1.18 bits per heavy atom. The fraction of sp³-hybridized carbons (Fsp3) is 0.231. The summed E-state index contributed by atoms with van der Waals surface area (Å²) in [6.07, 6.45) is 14.9. The molecule has 0 radical (unpaired) electrons. The first kappa shape index (κ1) is 25.7. The number of hydrogen-bond donors (Lipinski definition) is 2. The molecule has 0 heterocycles. The van der Waals surface area contributed by atoms with E-state index in [4.69, 9.17) is 22.3 Å². The molecule has 0 aliphatic heterocycles. The predicted molar refractivity (Wildman–Crippen MR) is 131 cm³/mol. The highest BCUT2D eigenvalue weighted by Gasteiger charge is 2.04. The summed E-state index contributed by atoms with van der Waals surface area (Å²) in [4.78, 5) is 23.9. The summed E-state index contributed by atoms with van der Waals surface area (Å²) in [6, 6.07) is 14.4. The number of unbranched alkanes of at least 4 members (excludes halogenated alkanes) is 1. The van der Waals surface area contributed by atoms with Gasteiger partial charge in [-0.25, -0.2) is 10.9 Å². The number of terminal acetylenes is 2. The third kappa shape index (κ3) is 9.71. The highest BCUT2D eigenvalue weighted by Crippen LogP contribution is 2.16. The molecule has 2 aromatic rings. The lowest BCUT2D eigenvalue weighted by Gasteiger charge is -2.06. The zero-order valence-electron chi connectivity index (χ0n) is 18.7. The maximum absolute atomic E-state index is 11.9. The summed E-state index contributed by atoms with van der Waals surface area (Å²) in [5, 5.41) is 7.89. The van der Waals surface area contributed by atoms with Crippen LogP contribution in [0.1, 0.15) is 36.8 Å². The van der Waals surface area contributed by atoms with Crippen LogP contribution in [0, 0.1) is 24.7 Å². The van der Waals surface area contributed by atoms with Crippen LogP contribution in [-0.4, -0.2) is 37.5 Å². The van der Waals surface area contributed by atoms with E-state index in [0.29, 0.717) is 35.5 Å². The van der Waals surface area contributed by atoms with Crippen LogP contribution >= 0.6 is 0 Å². The van der Waals surface area contributed by atoms with E-state index in [-0.39, 0.29) is 37.9 Å². The van der Waals surface area contributed by atoms with Crippen molar-refractivity contribution in [2.45, 2.75) is 25.7 Å². The van der Waals surface area contributed by atoms with Crippen LogP contribution < -0.4 is 20.3 Å². The number of benzene rings is 2. The van der Waals surface area contributed by atoms with Crippen LogP contribution in [0.15, 0.2) is 58.7 Å². The largest absolute Gasteiger partial charge is 0.480 e. The van der Waals surface area contributed by atoms with Gasteiger partial charge in [0.25, 0.3) is 0 Å². The lowest BCUT2D eigenvalue weighted by molar-refractivity contribution is -0.123. The summed E-state index contributed by atoms with van der Waals surface area (Å²) in [6.45, 7) is 0.286. The second-order valence-electron chi connectivity index (χ2n) is 6.85. The van der Waals surface area contributed by atoms with Crippen LogP contribution in [0.25, 0.3) is 0 Å². The van der Waals surface area contributed by atoms with Crippen molar-refractivity contribution in [3.63, 3.8) is 0 Å². The van der Waals surface area contributed by atoms with E-state index in [1.54, 1.807) is 24.3 Å². The third-order valence-corrected chi connectivity index (χ3v) is 4.30. The number of ether oxygens (including phenoxy) is 2. The molecule has 8 heteroatoms. The molecule has 0 aliphatic rings. The number of nitrogens with zero attached hydrogens (tertiary/aromatic N) is 2. The lowest BCUT2D eigenvalue weighted by Crippen LogP contribution is -2.19. The van der Waals surface area contributed by atoms with Crippen molar-refractivity contribution in [1.82, 2.24) is 10.9 Å². The minimum Gasteiger partial charge on any atom is -0.480 e. The number of para-hydroxylation sites is 2. The van der Waals surface area contributed by atoms with Gasteiger partial charge in [0.2, 0.25) is 11.8 Å². The number of hydrogen-bond acceptors (Lipinski definition) is 6. The minimum absolute atomic E-state index is 0.143. The Bertz CT molecular complexity index is 1010. The molecule has 0 saturated heterocycles. The van der Waals surface area contributed by atoms with Gasteiger partial charge in [0.15, 0.2) is 0 Å². The summed E-state index contributed by atoms with van der Waals surface area (Å²) in [5.74, 6) is 5.46. The second kappa shape index (κ2) is 15.3. The number of hydrazone groups is 2. The van der Waals surface area contributed by atoms with Crippen molar-refractivity contribution in [2.75, 3.05) is 13.2 Å². The number of nitrogens with one attached hydrogen (secondary N) is 2. The van der Waals surface area contributed by atoms with Crippen LogP contribution in [0.3, 0.4) is 0 Å². The molecule has 0 spiro atoms. The Morgan fingerprint density at radius 3 is 1.59 bits per heavy atom. The standard InChI is InChI=1S/C26H26N4O4/c1-3-17-33-23-13-7-5-11-21(23)19-27-29-25(31)15-9-10-16-26(32)30-28-20-22-12-6-8-14-24(22)34-18-4-2/h1-2,5-8,11-14,19-20H,9-10,15-18H2,(H,29,31)(H,30,32)/b27-19-,28-20-. The number of carbonyl (C=O) groups excluding carboxylic acids is 2. The van der Waals surface area contributed by atoms with E-state index >= 15 is 0 Å². The van der Waals surface area contributed by atoms with Crippen LogP contribution in [0.2, 0.25) is 0 Å². The molecule has 0 saturated carbocycles. The Morgan fingerprint density at radius 1 is 0.765 bits per heavy atom. The summed E-state index contributed by atoms with van der Waals surface area (Å²) >= 11 is 0. The van der Waals surface area contributed by atoms with Crippen molar-refractivity contribution < 1.29 is 19.1 Å². The van der Waals surface area contributed by atoms with Gasteiger partial charge >= 0.3 is 0 Å². The SMILES string of the molecule is C#CCOc1ccccc1/C=N\NC(=O)CCCCC(=O)N/N=C\c1ccccc1OCC#C. The lowest BCUT2D eigenvalue weighted by atomic mass is 10.2. The van der Waals surface area contributed by atoms with Crippen molar-refractivity contribution in [1.29, 1.82) is 0 Å². The van der Waals surface area contributed by atoms with E-state index in [0.717, 1.165) is 0 Å². The fourth-order valence-electron chi connectivity index (χ4n) is 2.71. The monoisotopic (exact) mass is 458 g/mol. The predicted octanol–water partition coefficient (Wildman–Crippen LogP) is 2.87. The van der Waals surface area contributed by atoms with Crippen molar-refractivity contribution in [3.8, 4) is 36.2 Å². The first-order chi connectivity index (χ1) is 16.6. The Hall–Kier alpha value is -4.56. The highest BCUT2D eigenvalue weighted by atomic mass is 16.5. The first-order valence-electron chi connectivity index (χ1n) is 10.6. The molecule has 34 heavy (non-hydrogen) atoms. The topological polar surface area (TPSA) is 101 Å². The van der Waals surface area contributed by atoms with Gasteiger partial charge in [-0.3, -0.25) is 9.59 Å². The van der Waals surface area contributed by atoms with Crippen molar-refractivity contribution in [3.05, 3.63) is 59.7 Å². The van der Waals surface area contributed by atoms with Crippen LogP contribution in [-0.2, 0) is 9.59 Å². The molecule has 2 N–H and O–H groups in total. The summed E-state index contributed by atoms with van der Waals surface area (Å²) < 4.78 is 10.8. The number of rotatable bonds is 13. The van der Waals surface area contributed by atoms with Crippen LogP contribution in [0.4, 0.5) is 0 Å². The normalized spacial score (nSPS) is 10.4. The Labute approximate surface area is 199 Å². The van der Waals surface area contributed by atoms with E-state index in [1.807, 2.05) is 24.3 Å². The molecule has 2 rings (SSSR count). The Kier molecular flexibility index (Phi) is 11.5. The van der Waals surface area contributed by atoms with E-state index in [9.17, 15) is 9.59 Å². The van der Waals surface area contributed by atoms with Crippen molar-refractivity contribution in [2.24, 2.45) is 10.2 Å². The quantitative estimate of drug-likeness (QED) is 0.209. The first-order valence-corrected chi connectivity index (χ1v) is 10.6. The van der Waals surface area contributed by atoms with Gasteiger partial charge in [0.05, 0.1) is 12.4 Å². The van der Waals surface area contributed by atoms with Gasteiger partial charge in [0.1, 0.15) is 24.7 Å². The zero-order chi connectivity index (χ0) is 24.4. The molecule has 174 valence electrons. The molecule has 2 aromatic carbocycles. The number of carbonyl (C=O) groups is 2. The van der Waals surface area contributed by atoms with Gasteiger partial charge in [-0.15, -0.1) is 12.8 Å². The smallest absolute Gasteiger partial charge is 0.240 e. The maximum atomic E-state index is 11.9. The molecule has 0 fully saturated rings. The average molecular weight is 459 g/mol. The Balaban J connectivity index is 1.66. The van der Waals surface area contributed by atoms with E-state index in [1.165, 1.54) is 12.4 Å². The molecule has 0 atom stereocenters. The van der Waals surface area contributed by atoms with Crippen molar-refractivity contribution >= 4 is 24.2 Å². The van der Waals surface area contributed by atoms with Gasteiger partial charge < -0.3 is 9.47 Å². The van der Waals surface area contributed by atoms with E-state index in [2.05, 4.69) is 32.9 Å².